The van der Waals surface area contributed by atoms with Gasteiger partial charge in [-0.15, -0.1) is 0 Å². The van der Waals surface area contributed by atoms with E-state index >= 15 is 0 Å². The maximum absolute atomic E-state index is 11.2. The first-order chi connectivity index (χ1) is 9.49. The Morgan fingerprint density at radius 1 is 1.35 bits per heavy atom. The van der Waals surface area contributed by atoms with Crippen LogP contribution in [-0.4, -0.2) is 20.9 Å². The number of nitrogens with one attached hydrogen (secondary N) is 1. The molecular formula is C13H21N5O2. The van der Waals surface area contributed by atoms with Crippen LogP contribution in [0.15, 0.2) is 0 Å². The molecule has 0 radical (unpaired) electrons. The Balaban J connectivity index is 2.21. The molecule has 1 atom stereocenters. The number of aryl methyl sites for hydroxylation is 1. The van der Waals surface area contributed by atoms with Crippen LogP contribution in [0.4, 0.5) is 17.5 Å². The molecule has 0 saturated heterocycles. The van der Waals surface area contributed by atoms with Gasteiger partial charge in [0.25, 0.3) is 0 Å². The molecule has 1 unspecified atom stereocenters. The molecule has 1 saturated carbocycles. The van der Waals surface area contributed by atoms with Crippen molar-refractivity contribution >= 4 is 17.5 Å². The lowest BCUT2D eigenvalue weighted by Gasteiger charge is -2.28. The van der Waals surface area contributed by atoms with Gasteiger partial charge in [0.15, 0.2) is 0 Å². The van der Waals surface area contributed by atoms with Crippen LogP contribution in [0.1, 0.15) is 44.7 Å². The summed E-state index contributed by atoms with van der Waals surface area (Å²) in [5.41, 5.74) is 5.81. The standard InChI is InChI=1S/C13H21N5O2/c1-8(10-6-4-3-5-7-10)15-12-11(18(19)20)9(2)16-13(14)17-12/h8,10H,3-7H2,1-2H3,(H3,14,15,16,17). The molecule has 1 aliphatic rings. The summed E-state index contributed by atoms with van der Waals surface area (Å²) in [5.74, 6) is 0.823. The fourth-order valence-corrected chi connectivity index (χ4v) is 2.88. The summed E-state index contributed by atoms with van der Waals surface area (Å²) in [6, 6.07) is 0.141. The van der Waals surface area contributed by atoms with Crippen molar-refractivity contribution in [1.29, 1.82) is 0 Å². The van der Waals surface area contributed by atoms with Gasteiger partial charge in [-0.2, -0.15) is 4.98 Å². The second kappa shape index (κ2) is 6.02. The number of nitro groups is 1. The molecule has 0 bridgehead atoms. The fourth-order valence-electron chi connectivity index (χ4n) is 2.88. The zero-order valence-corrected chi connectivity index (χ0v) is 11.9. The van der Waals surface area contributed by atoms with Gasteiger partial charge in [0.1, 0.15) is 5.69 Å². The van der Waals surface area contributed by atoms with Crippen LogP contribution in [-0.2, 0) is 0 Å². The molecule has 1 heterocycles. The molecule has 0 aliphatic heterocycles. The van der Waals surface area contributed by atoms with Crippen LogP contribution in [0.5, 0.6) is 0 Å². The lowest BCUT2D eigenvalue weighted by atomic mass is 9.84. The highest BCUT2D eigenvalue weighted by atomic mass is 16.6. The van der Waals surface area contributed by atoms with Gasteiger partial charge in [-0.05, 0) is 32.6 Å². The molecule has 7 nitrogen and oxygen atoms in total. The normalized spacial score (nSPS) is 17.7. The lowest BCUT2D eigenvalue weighted by molar-refractivity contribution is -0.385. The predicted octanol–water partition coefficient (Wildman–Crippen LogP) is 2.66. The molecule has 20 heavy (non-hydrogen) atoms. The van der Waals surface area contributed by atoms with Crippen LogP contribution in [0.2, 0.25) is 0 Å². The number of nitrogen functional groups attached to an aromatic ring is 1. The molecule has 1 fully saturated rings. The molecule has 1 aromatic rings. The fraction of sp³-hybridized carbons (Fsp3) is 0.692. The lowest BCUT2D eigenvalue weighted by Crippen LogP contribution is -2.28. The molecular weight excluding hydrogens is 258 g/mol. The third kappa shape index (κ3) is 3.15. The van der Waals surface area contributed by atoms with Gasteiger partial charge in [0.05, 0.1) is 4.92 Å². The van der Waals surface area contributed by atoms with E-state index in [4.69, 9.17) is 5.73 Å². The maximum Gasteiger partial charge on any atom is 0.332 e. The van der Waals surface area contributed by atoms with Crippen LogP contribution in [0.3, 0.4) is 0 Å². The Morgan fingerprint density at radius 3 is 2.60 bits per heavy atom. The highest BCUT2D eigenvalue weighted by molar-refractivity contribution is 5.60. The van der Waals surface area contributed by atoms with Gasteiger partial charge >= 0.3 is 5.69 Å². The van der Waals surface area contributed by atoms with Gasteiger partial charge in [0.2, 0.25) is 11.8 Å². The van der Waals surface area contributed by atoms with Crippen molar-refractivity contribution in [3.63, 3.8) is 0 Å². The monoisotopic (exact) mass is 279 g/mol. The quantitative estimate of drug-likeness (QED) is 0.648. The predicted molar refractivity (Wildman–Crippen MR) is 77.5 cm³/mol. The number of anilines is 2. The second-order valence-corrected chi connectivity index (χ2v) is 5.45. The summed E-state index contributed by atoms with van der Waals surface area (Å²) in [5, 5.41) is 14.3. The Bertz CT molecular complexity index is 500. The number of nitrogens with zero attached hydrogens (tertiary/aromatic N) is 3. The number of rotatable bonds is 4. The number of hydrogen-bond donors (Lipinski definition) is 2. The van der Waals surface area contributed by atoms with Crippen molar-refractivity contribution in [2.75, 3.05) is 11.1 Å². The van der Waals surface area contributed by atoms with E-state index in [-0.39, 0.29) is 23.5 Å². The molecule has 1 aliphatic carbocycles. The highest BCUT2D eigenvalue weighted by Gasteiger charge is 2.26. The van der Waals surface area contributed by atoms with E-state index in [1.807, 2.05) is 6.92 Å². The van der Waals surface area contributed by atoms with Gasteiger partial charge < -0.3 is 11.1 Å². The molecule has 3 N–H and O–H groups in total. The van der Waals surface area contributed by atoms with E-state index < -0.39 is 4.92 Å². The van der Waals surface area contributed by atoms with E-state index in [0.717, 1.165) is 12.8 Å². The largest absolute Gasteiger partial charge is 0.368 e. The molecule has 0 amide bonds. The summed E-state index contributed by atoms with van der Waals surface area (Å²) in [4.78, 5) is 18.6. The topological polar surface area (TPSA) is 107 Å². The van der Waals surface area contributed by atoms with Crippen molar-refractivity contribution < 1.29 is 4.92 Å². The SMILES string of the molecule is Cc1nc(N)nc(NC(C)C2CCCCC2)c1[N+](=O)[O-]. The summed E-state index contributed by atoms with van der Waals surface area (Å²) in [6.07, 6.45) is 6.04. The smallest absolute Gasteiger partial charge is 0.332 e. The zero-order valence-electron chi connectivity index (χ0n) is 11.9. The molecule has 110 valence electrons. The molecule has 1 aromatic heterocycles. The van der Waals surface area contributed by atoms with Crippen molar-refractivity contribution in [3.8, 4) is 0 Å². The van der Waals surface area contributed by atoms with Gasteiger partial charge in [-0.25, -0.2) is 4.98 Å². The van der Waals surface area contributed by atoms with Crippen molar-refractivity contribution in [2.45, 2.75) is 52.0 Å². The molecule has 7 heteroatoms. The Labute approximate surface area is 118 Å². The van der Waals surface area contributed by atoms with Crippen LogP contribution >= 0.6 is 0 Å². The number of aromatic nitrogens is 2. The van der Waals surface area contributed by atoms with E-state index in [0.29, 0.717) is 11.6 Å². The third-order valence-corrected chi connectivity index (χ3v) is 3.98. The molecule has 0 spiro atoms. The summed E-state index contributed by atoms with van der Waals surface area (Å²) < 4.78 is 0. The zero-order chi connectivity index (χ0) is 14.7. The minimum absolute atomic E-state index is 0.0615. The van der Waals surface area contributed by atoms with Crippen LogP contribution in [0.25, 0.3) is 0 Å². The van der Waals surface area contributed by atoms with Crippen molar-refractivity contribution in [3.05, 3.63) is 15.8 Å². The Kier molecular flexibility index (Phi) is 4.36. The van der Waals surface area contributed by atoms with E-state index in [1.165, 1.54) is 19.3 Å². The maximum atomic E-state index is 11.2. The summed E-state index contributed by atoms with van der Waals surface area (Å²) in [7, 11) is 0. The second-order valence-electron chi connectivity index (χ2n) is 5.45. The van der Waals surface area contributed by atoms with Crippen LogP contribution in [0, 0.1) is 23.0 Å². The van der Waals surface area contributed by atoms with Crippen LogP contribution < -0.4 is 11.1 Å². The number of nitrogens with two attached hydrogens (primary N) is 1. The average molecular weight is 279 g/mol. The number of hydrogen-bond acceptors (Lipinski definition) is 6. The van der Waals surface area contributed by atoms with E-state index in [1.54, 1.807) is 6.92 Å². The third-order valence-electron chi connectivity index (χ3n) is 3.98. The molecule has 2 rings (SSSR count). The van der Waals surface area contributed by atoms with E-state index in [9.17, 15) is 10.1 Å². The first-order valence-electron chi connectivity index (χ1n) is 7.04. The first-order valence-corrected chi connectivity index (χ1v) is 7.04. The van der Waals surface area contributed by atoms with Gasteiger partial charge in [0, 0.05) is 6.04 Å². The van der Waals surface area contributed by atoms with E-state index in [2.05, 4.69) is 15.3 Å². The average Bonchev–Trinajstić information content (AvgIpc) is 2.38. The molecule has 0 aromatic carbocycles. The summed E-state index contributed by atoms with van der Waals surface area (Å²) in [6.45, 7) is 3.62. The first kappa shape index (κ1) is 14.5. The highest BCUT2D eigenvalue weighted by Crippen LogP contribution is 2.31. The Morgan fingerprint density at radius 2 is 2.00 bits per heavy atom. The van der Waals surface area contributed by atoms with Crippen molar-refractivity contribution in [1.82, 2.24) is 9.97 Å². The van der Waals surface area contributed by atoms with Crippen molar-refractivity contribution in [2.24, 2.45) is 5.92 Å². The van der Waals surface area contributed by atoms with Gasteiger partial charge in [-0.1, -0.05) is 19.3 Å². The van der Waals surface area contributed by atoms with Gasteiger partial charge in [-0.3, -0.25) is 10.1 Å². The minimum atomic E-state index is -0.454. The minimum Gasteiger partial charge on any atom is -0.368 e. The summed E-state index contributed by atoms with van der Waals surface area (Å²) >= 11 is 0. The Hall–Kier alpha value is -1.92.